The van der Waals surface area contributed by atoms with Crippen molar-refractivity contribution in [1.82, 2.24) is 10.2 Å². The molecule has 1 aliphatic rings. The van der Waals surface area contributed by atoms with E-state index in [0.29, 0.717) is 24.1 Å². The van der Waals surface area contributed by atoms with Gasteiger partial charge in [0, 0.05) is 18.2 Å². The molecular weight excluding hydrogens is 188 g/mol. The lowest BCUT2D eigenvalue weighted by molar-refractivity contribution is 0.411. The first-order chi connectivity index (χ1) is 6.31. The Labute approximate surface area is 82.5 Å². The molecule has 2 rings (SSSR count). The smallest absolute Gasteiger partial charge is 0.219 e. The van der Waals surface area contributed by atoms with Crippen molar-refractivity contribution < 1.29 is 4.42 Å². The first kappa shape index (κ1) is 9.00. The van der Waals surface area contributed by atoms with Crippen LogP contribution < -0.4 is 0 Å². The van der Waals surface area contributed by atoms with Gasteiger partial charge in [-0.05, 0) is 18.8 Å². The van der Waals surface area contributed by atoms with Crippen molar-refractivity contribution >= 4 is 11.6 Å². The molecule has 1 atom stereocenters. The second-order valence-electron chi connectivity index (χ2n) is 3.60. The molecule has 72 valence electrons. The van der Waals surface area contributed by atoms with E-state index in [2.05, 4.69) is 17.1 Å². The molecule has 0 radical (unpaired) electrons. The summed E-state index contributed by atoms with van der Waals surface area (Å²) < 4.78 is 5.48. The SMILES string of the molecule is CC(c1nnc(CCCl)o1)C1CC1. The van der Waals surface area contributed by atoms with E-state index in [9.17, 15) is 0 Å². The van der Waals surface area contributed by atoms with Gasteiger partial charge in [-0.1, -0.05) is 6.92 Å². The standard InChI is InChI=1S/C9H13ClN2O/c1-6(7-2-3-7)9-12-11-8(13-9)4-5-10/h6-7H,2-5H2,1H3. The number of aromatic nitrogens is 2. The fraction of sp³-hybridized carbons (Fsp3) is 0.778. The first-order valence-electron chi connectivity index (χ1n) is 4.69. The zero-order valence-electron chi connectivity index (χ0n) is 7.66. The lowest BCUT2D eigenvalue weighted by atomic mass is 10.1. The Bertz CT molecular complexity index is 283. The molecule has 1 aliphatic carbocycles. The zero-order chi connectivity index (χ0) is 9.26. The Hall–Kier alpha value is -0.570. The summed E-state index contributed by atoms with van der Waals surface area (Å²) in [4.78, 5) is 0. The van der Waals surface area contributed by atoms with Crippen molar-refractivity contribution in [2.45, 2.75) is 32.1 Å². The minimum absolute atomic E-state index is 0.427. The summed E-state index contributed by atoms with van der Waals surface area (Å²) in [5, 5.41) is 7.96. The van der Waals surface area contributed by atoms with Crippen molar-refractivity contribution in [3.05, 3.63) is 11.8 Å². The van der Waals surface area contributed by atoms with Gasteiger partial charge in [0.2, 0.25) is 11.8 Å². The van der Waals surface area contributed by atoms with Crippen molar-refractivity contribution in [2.75, 3.05) is 5.88 Å². The quantitative estimate of drug-likeness (QED) is 0.701. The molecule has 0 amide bonds. The molecule has 0 aromatic carbocycles. The average Bonchev–Trinajstić information content (AvgIpc) is 2.87. The Morgan fingerprint density at radius 3 is 2.92 bits per heavy atom. The third-order valence-electron chi connectivity index (χ3n) is 2.51. The average molecular weight is 201 g/mol. The largest absolute Gasteiger partial charge is 0.425 e. The Balaban J connectivity index is 2.03. The van der Waals surface area contributed by atoms with Crippen LogP contribution in [0.2, 0.25) is 0 Å². The molecule has 1 unspecified atom stereocenters. The van der Waals surface area contributed by atoms with E-state index in [0.717, 1.165) is 11.8 Å². The number of rotatable bonds is 4. The van der Waals surface area contributed by atoms with Crippen LogP contribution in [0.5, 0.6) is 0 Å². The molecule has 0 aliphatic heterocycles. The summed E-state index contributed by atoms with van der Waals surface area (Å²) >= 11 is 5.57. The lowest BCUT2D eigenvalue weighted by Crippen LogP contribution is -1.95. The highest BCUT2D eigenvalue weighted by Gasteiger charge is 2.32. The molecule has 4 heteroatoms. The van der Waals surface area contributed by atoms with Crippen molar-refractivity contribution in [3.63, 3.8) is 0 Å². The molecule has 1 heterocycles. The van der Waals surface area contributed by atoms with Crippen molar-refractivity contribution in [3.8, 4) is 0 Å². The maximum atomic E-state index is 5.57. The third-order valence-corrected chi connectivity index (χ3v) is 2.70. The van der Waals surface area contributed by atoms with Crippen LogP contribution in [0.1, 0.15) is 37.5 Å². The Morgan fingerprint density at radius 2 is 2.31 bits per heavy atom. The Kier molecular flexibility index (Phi) is 2.54. The van der Waals surface area contributed by atoms with E-state index >= 15 is 0 Å². The van der Waals surface area contributed by atoms with Gasteiger partial charge in [0.05, 0.1) is 0 Å². The molecule has 0 bridgehead atoms. The second-order valence-corrected chi connectivity index (χ2v) is 3.98. The van der Waals surface area contributed by atoms with Crippen LogP contribution in [0.3, 0.4) is 0 Å². The van der Waals surface area contributed by atoms with Gasteiger partial charge in [-0.3, -0.25) is 0 Å². The molecule has 1 fully saturated rings. The summed E-state index contributed by atoms with van der Waals surface area (Å²) in [7, 11) is 0. The van der Waals surface area contributed by atoms with Gasteiger partial charge in [-0.25, -0.2) is 0 Å². The van der Waals surface area contributed by atoms with Gasteiger partial charge in [0.15, 0.2) is 0 Å². The van der Waals surface area contributed by atoms with Gasteiger partial charge >= 0.3 is 0 Å². The van der Waals surface area contributed by atoms with Crippen LogP contribution >= 0.6 is 11.6 Å². The number of hydrogen-bond donors (Lipinski definition) is 0. The summed E-state index contributed by atoms with van der Waals surface area (Å²) in [5.41, 5.74) is 0. The number of halogens is 1. The van der Waals surface area contributed by atoms with E-state index in [1.165, 1.54) is 12.8 Å². The van der Waals surface area contributed by atoms with Gasteiger partial charge in [-0.2, -0.15) is 0 Å². The number of aryl methyl sites for hydroxylation is 1. The van der Waals surface area contributed by atoms with E-state index in [1.54, 1.807) is 0 Å². The van der Waals surface area contributed by atoms with Crippen LogP contribution in [-0.4, -0.2) is 16.1 Å². The predicted octanol–water partition coefficient (Wildman–Crippen LogP) is 2.36. The number of hydrogen-bond acceptors (Lipinski definition) is 3. The topological polar surface area (TPSA) is 38.9 Å². The third kappa shape index (κ3) is 2.02. The van der Waals surface area contributed by atoms with Gasteiger partial charge in [0.1, 0.15) is 0 Å². The molecule has 1 aromatic rings. The fourth-order valence-electron chi connectivity index (χ4n) is 1.43. The monoisotopic (exact) mass is 200 g/mol. The molecule has 0 N–H and O–H groups in total. The van der Waals surface area contributed by atoms with Crippen molar-refractivity contribution in [2.24, 2.45) is 5.92 Å². The summed E-state index contributed by atoms with van der Waals surface area (Å²) in [6, 6.07) is 0. The zero-order valence-corrected chi connectivity index (χ0v) is 8.42. The summed E-state index contributed by atoms with van der Waals surface area (Å²) in [6.07, 6.45) is 3.27. The van der Waals surface area contributed by atoms with Gasteiger partial charge < -0.3 is 4.42 Å². The van der Waals surface area contributed by atoms with E-state index in [4.69, 9.17) is 16.0 Å². The maximum Gasteiger partial charge on any atom is 0.219 e. The second kappa shape index (κ2) is 3.66. The highest BCUT2D eigenvalue weighted by Crippen LogP contribution is 2.41. The lowest BCUT2D eigenvalue weighted by Gasteiger charge is -2.01. The van der Waals surface area contributed by atoms with Crippen LogP contribution in [0, 0.1) is 5.92 Å². The summed E-state index contributed by atoms with van der Waals surface area (Å²) in [6.45, 7) is 2.15. The van der Waals surface area contributed by atoms with Gasteiger partial charge in [0.25, 0.3) is 0 Å². The van der Waals surface area contributed by atoms with Crippen LogP contribution in [-0.2, 0) is 6.42 Å². The molecular formula is C9H13ClN2O. The highest BCUT2D eigenvalue weighted by atomic mass is 35.5. The summed E-state index contributed by atoms with van der Waals surface area (Å²) in [5.74, 6) is 3.18. The van der Waals surface area contributed by atoms with Crippen LogP contribution in [0.4, 0.5) is 0 Å². The molecule has 1 aromatic heterocycles. The highest BCUT2D eigenvalue weighted by molar-refractivity contribution is 6.17. The normalized spacial score (nSPS) is 18.9. The minimum Gasteiger partial charge on any atom is -0.425 e. The minimum atomic E-state index is 0.427. The van der Waals surface area contributed by atoms with Crippen molar-refractivity contribution in [1.29, 1.82) is 0 Å². The molecule has 0 saturated heterocycles. The molecule has 3 nitrogen and oxygen atoms in total. The van der Waals surface area contributed by atoms with Crippen LogP contribution in [0.15, 0.2) is 4.42 Å². The fourth-order valence-corrected chi connectivity index (χ4v) is 1.59. The molecule has 0 spiro atoms. The van der Waals surface area contributed by atoms with Gasteiger partial charge in [-0.15, -0.1) is 21.8 Å². The molecule has 13 heavy (non-hydrogen) atoms. The maximum absolute atomic E-state index is 5.57. The number of alkyl halides is 1. The molecule has 1 saturated carbocycles. The van der Waals surface area contributed by atoms with E-state index < -0.39 is 0 Å². The predicted molar refractivity (Wildman–Crippen MR) is 49.9 cm³/mol. The van der Waals surface area contributed by atoms with Crippen LogP contribution in [0.25, 0.3) is 0 Å². The number of nitrogens with zero attached hydrogens (tertiary/aromatic N) is 2. The Morgan fingerprint density at radius 1 is 1.54 bits per heavy atom. The first-order valence-corrected chi connectivity index (χ1v) is 5.23. The van der Waals surface area contributed by atoms with E-state index in [1.807, 2.05) is 0 Å². The van der Waals surface area contributed by atoms with E-state index in [-0.39, 0.29) is 0 Å².